The molecule has 1 heterocycles. The van der Waals surface area contributed by atoms with Gasteiger partial charge in [-0.2, -0.15) is 0 Å². The van der Waals surface area contributed by atoms with Gasteiger partial charge in [-0.05, 0) is 39.0 Å². The summed E-state index contributed by atoms with van der Waals surface area (Å²) in [5.41, 5.74) is 0. The van der Waals surface area contributed by atoms with Crippen molar-refractivity contribution in [1.29, 1.82) is 0 Å². The van der Waals surface area contributed by atoms with Crippen LogP contribution in [0.4, 0.5) is 0 Å². The molecule has 1 aliphatic carbocycles. The van der Waals surface area contributed by atoms with Gasteiger partial charge in [-0.15, -0.1) is 0 Å². The Morgan fingerprint density at radius 1 is 1.20 bits per heavy atom. The van der Waals surface area contributed by atoms with E-state index in [1.54, 1.807) is 0 Å². The third-order valence-corrected chi connectivity index (χ3v) is 3.55. The number of hydrogen-bond donors (Lipinski definition) is 0. The minimum atomic E-state index is 0.305. The predicted molar refractivity (Wildman–Crippen MR) is 62.0 cm³/mol. The van der Waals surface area contributed by atoms with E-state index in [-0.39, 0.29) is 0 Å². The molecule has 0 aromatic heterocycles. The summed E-state index contributed by atoms with van der Waals surface area (Å²) in [5, 5.41) is 0. The zero-order valence-corrected chi connectivity index (χ0v) is 9.32. The highest BCUT2D eigenvalue weighted by Crippen LogP contribution is 2.28. The summed E-state index contributed by atoms with van der Waals surface area (Å²) >= 11 is 0. The van der Waals surface area contributed by atoms with Crippen LogP contribution in [0.5, 0.6) is 0 Å². The number of aliphatic imine (C=N–C) groups is 1. The molecule has 1 aliphatic heterocycles. The minimum Gasteiger partial charge on any atom is -0.475 e. The van der Waals surface area contributed by atoms with E-state index in [0.29, 0.717) is 12.0 Å². The number of hydrogen-bond acceptors (Lipinski definition) is 3. The smallest absolute Gasteiger partial charge is 0.205 e. The molecule has 0 atom stereocenters. The lowest BCUT2D eigenvalue weighted by Gasteiger charge is -2.41. The van der Waals surface area contributed by atoms with Crippen LogP contribution in [-0.2, 0) is 4.74 Å². The number of piperidine rings is 1. The standard InChI is InChI=1S/C12H20N2O/c1-10(13-2)15-12-6-8-14(9-7-12)11-4-3-5-11/h11-12H,1-9H2. The Morgan fingerprint density at radius 2 is 1.87 bits per heavy atom. The van der Waals surface area contributed by atoms with Crippen LogP contribution in [0.2, 0.25) is 0 Å². The summed E-state index contributed by atoms with van der Waals surface area (Å²) in [6.07, 6.45) is 6.71. The van der Waals surface area contributed by atoms with E-state index < -0.39 is 0 Å². The number of ether oxygens (including phenoxy) is 1. The van der Waals surface area contributed by atoms with Crippen molar-refractivity contribution in [2.24, 2.45) is 4.99 Å². The lowest BCUT2D eigenvalue weighted by Crippen LogP contribution is -2.46. The van der Waals surface area contributed by atoms with E-state index in [2.05, 4.69) is 23.2 Å². The molecular weight excluding hydrogens is 188 g/mol. The molecule has 0 aromatic rings. The maximum absolute atomic E-state index is 5.57. The first-order chi connectivity index (χ1) is 7.29. The molecule has 0 N–H and O–H groups in total. The van der Waals surface area contributed by atoms with Crippen LogP contribution in [0, 0.1) is 0 Å². The van der Waals surface area contributed by atoms with Crippen LogP contribution in [0.25, 0.3) is 0 Å². The van der Waals surface area contributed by atoms with Gasteiger partial charge in [-0.3, -0.25) is 0 Å². The molecule has 2 rings (SSSR count). The summed E-state index contributed by atoms with van der Waals surface area (Å²) < 4.78 is 5.57. The quantitative estimate of drug-likeness (QED) is 0.522. The van der Waals surface area contributed by atoms with E-state index in [1.807, 2.05) is 0 Å². The Labute approximate surface area is 91.8 Å². The molecule has 1 saturated heterocycles. The van der Waals surface area contributed by atoms with E-state index in [4.69, 9.17) is 4.74 Å². The molecule has 0 amide bonds. The van der Waals surface area contributed by atoms with Crippen molar-refractivity contribution in [1.82, 2.24) is 4.90 Å². The van der Waals surface area contributed by atoms with Gasteiger partial charge in [0.05, 0.1) is 0 Å². The highest BCUT2D eigenvalue weighted by atomic mass is 16.5. The number of rotatable bonds is 4. The van der Waals surface area contributed by atoms with Crippen LogP contribution >= 0.6 is 0 Å². The second-order valence-corrected chi connectivity index (χ2v) is 4.49. The van der Waals surface area contributed by atoms with Gasteiger partial charge in [0, 0.05) is 19.1 Å². The molecule has 84 valence electrons. The van der Waals surface area contributed by atoms with Gasteiger partial charge < -0.3 is 9.64 Å². The zero-order valence-electron chi connectivity index (χ0n) is 9.32. The van der Waals surface area contributed by atoms with Crippen LogP contribution in [-0.4, -0.2) is 36.9 Å². The van der Waals surface area contributed by atoms with E-state index >= 15 is 0 Å². The third-order valence-electron chi connectivity index (χ3n) is 3.55. The minimum absolute atomic E-state index is 0.305. The molecule has 0 spiro atoms. The predicted octanol–water partition coefficient (Wildman–Crippen LogP) is 2.19. The second kappa shape index (κ2) is 4.79. The molecule has 0 radical (unpaired) electrons. The summed E-state index contributed by atoms with van der Waals surface area (Å²) in [7, 11) is 0. The maximum atomic E-state index is 5.57. The third kappa shape index (κ3) is 2.59. The van der Waals surface area contributed by atoms with Crippen LogP contribution in [0.3, 0.4) is 0 Å². The first-order valence-corrected chi connectivity index (χ1v) is 5.86. The lowest BCUT2D eigenvalue weighted by atomic mass is 9.90. The Morgan fingerprint density at radius 3 is 2.33 bits per heavy atom. The van der Waals surface area contributed by atoms with Gasteiger partial charge in [0.2, 0.25) is 5.88 Å². The van der Waals surface area contributed by atoms with Crippen molar-refractivity contribution in [2.75, 3.05) is 13.1 Å². The van der Waals surface area contributed by atoms with Gasteiger partial charge in [-0.1, -0.05) is 6.42 Å². The fourth-order valence-electron chi connectivity index (χ4n) is 2.34. The summed E-state index contributed by atoms with van der Waals surface area (Å²) in [6.45, 7) is 9.42. The van der Waals surface area contributed by atoms with Crippen molar-refractivity contribution < 1.29 is 4.74 Å². The summed E-state index contributed by atoms with van der Waals surface area (Å²) in [6, 6.07) is 0.867. The zero-order chi connectivity index (χ0) is 10.7. The van der Waals surface area contributed by atoms with Crippen LogP contribution in [0.15, 0.2) is 17.5 Å². The fourth-order valence-corrected chi connectivity index (χ4v) is 2.34. The number of nitrogens with zero attached hydrogens (tertiary/aromatic N) is 2. The molecule has 15 heavy (non-hydrogen) atoms. The molecule has 2 aliphatic rings. The van der Waals surface area contributed by atoms with Crippen molar-refractivity contribution in [3.05, 3.63) is 12.5 Å². The highest BCUT2D eigenvalue weighted by Gasteiger charge is 2.29. The topological polar surface area (TPSA) is 24.8 Å². The largest absolute Gasteiger partial charge is 0.475 e. The highest BCUT2D eigenvalue weighted by molar-refractivity contribution is 5.26. The Bertz CT molecular complexity index is 240. The molecule has 0 unspecified atom stereocenters. The Hall–Kier alpha value is -0.830. The van der Waals surface area contributed by atoms with Crippen molar-refractivity contribution in [3.8, 4) is 0 Å². The molecule has 3 nitrogen and oxygen atoms in total. The molecule has 1 saturated carbocycles. The molecule has 2 fully saturated rings. The maximum Gasteiger partial charge on any atom is 0.205 e. The van der Waals surface area contributed by atoms with E-state index in [0.717, 1.165) is 18.9 Å². The van der Waals surface area contributed by atoms with Gasteiger partial charge in [0.15, 0.2) is 0 Å². The molecular formula is C12H20N2O. The first kappa shape index (κ1) is 10.7. The summed E-state index contributed by atoms with van der Waals surface area (Å²) in [5.74, 6) is 0.470. The normalized spacial score (nSPS) is 24.5. The van der Waals surface area contributed by atoms with Crippen LogP contribution in [0.1, 0.15) is 32.1 Å². The fraction of sp³-hybridized carbons (Fsp3) is 0.750. The average Bonchev–Trinajstić information content (AvgIpc) is 2.18. The van der Waals surface area contributed by atoms with E-state index in [1.165, 1.54) is 32.4 Å². The second-order valence-electron chi connectivity index (χ2n) is 4.49. The number of likely N-dealkylation sites (tertiary alicyclic amines) is 1. The van der Waals surface area contributed by atoms with E-state index in [9.17, 15) is 0 Å². The first-order valence-electron chi connectivity index (χ1n) is 5.86. The molecule has 0 aromatic carbocycles. The van der Waals surface area contributed by atoms with Crippen molar-refractivity contribution in [3.63, 3.8) is 0 Å². The SMILES string of the molecule is C=NC(=C)OC1CCN(C2CCC2)CC1. The lowest BCUT2D eigenvalue weighted by molar-refractivity contribution is 0.0194. The Kier molecular flexibility index (Phi) is 3.41. The van der Waals surface area contributed by atoms with Crippen LogP contribution < -0.4 is 0 Å². The molecule has 0 bridgehead atoms. The molecule has 3 heteroatoms. The van der Waals surface area contributed by atoms with Gasteiger partial charge in [-0.25, -0.2) is 4.99 Å². The van der Waals surface area contributed by atoms with Gasteiger partial charge in [0.25, 0.3) is 0 Å². The average molecular weight is 208 g/mol. The van der Waals surface area contributed by atoms with Gasteiger partial charge in [0.1, 0.15) is 6.10 Å². The Balaban J connectivity index is 1.71. The van der Waals surface area contributed by atoms with Gasteiger partial charge >= 0.3 is 0 Å². The summed E-state index contributed by atoms with van der Waals surface area (Å²) in [4.78, 5) is 6.29. The van der Waals surface area contributed by atoms with Crippen molar-refractivity contribution in [2.45, 2.75) is 44.2 Å². The van der Waals surface area contributed by atoms with Crippen molar-refractivity contribution >= 4 is 6.72 Å². The monoisotopic (exact) mass is 208 g/mol.